The third-order valence-corrected chi connectivity index (χ3v) is 3.62. The first-order valence-electron chi connectivity index (χ1n) is 5.25. The number of thiazole rings is 1. The lowest BCUT2D eigenvalue weighted by atomic mass is 10.0. The number of methoxy groups -OCH3 is 2. The van der Waals surface area contributed by atoms with Gasteiger partial charge in [-0.1, -0.05) is 0 Å². The summed E-state index contributed by atoms with van der Waals surface area (Å²) in [6.45, 7) is 5.17. The zero-order valence-corrected chi connectivity index (χ0v) is 11.2. The molecule has 0 saturated heterocycles. The van der Waals surface area contributed by atoms with Crippen LogP contribution < -0.4 is 5.73 Å². The predicted octanol–water partition coefficient (Wildman–Crippen LogP) is 1.67. The number of ether oxygens (including phenoxy) is 2. The number of hydrogen-bond acceptors (Lipinski definition) is 5. The Morgan fingerprint density at radius 2 is 2.00 bits per heavy atom. The first kappa shape index (κ1) is 13.6. The molecule has 1 rings (SSSR count). The van der Waals surface area contributed by atoms with E-state index in [0.717, 1.165) is 22.0 Å². The summed E-state index contributed by atoms with van der Waals surface area (Å²) in [6, 6.07) is 0. The molecule has 0 aliphatic heterocycles. The summed E-state index contributed by atoms with van der Waals surface area (Å²) in [5.41, 5.74) is 6.70. The smallest absolute Gasteiger partial charge is 0.0955 e. The Kier molecular flexibility index (Phi) is 4.86. The number of aromatic nitrogens is 1. The lowest BCUT2D eigenvalue weighted by Crippen LogP contribution is -2.28. The van der Waals surface area contributed by atoms with Gasteiger partial charge in [-0.3, -0.25) is 0 Å². The molecule has 0 fully saturated rings. The van der Waals surface area contributed by atoms with E-state index < -0.39 is 0 Å². The number of hydrogen-bond donors (Lipinski definition) is 1. The lowest BCUT2D eigenvalue weighted by Gasteiger charge is -2.17. The Morgan fingerprint density at radius 3 is 2.50 bits per heavy atom. The van der Waals surface area contributed by atoms with Crippen molar-refractivity contribution in [1.29, 1.82) is 0 Å². The lowest BCUT2D eigenvalue weighted by molar-refractivity contribution is 0.179. The Labute approximate surface area is 101 Å². The minimum Gasteiger partial charge on any atom is -0.384 e. The van der Waals surface area contributed by atoms with Gasteiger partial charge in [0.05, 0.1) is 23.9 Å². The molecule has 0 saturated carbocycles. The van der Waals surface area contributed by atoms with Crippen LogP contribution in [0.15, 0.2) is 0 Å². The molecule has 0 amide bonds. The minimum atomic E-state index is -0.364. The summed E-state index contributed by atoms with van der Waals surface area (Å²) in [7, 11) is 3.36. The SMILES string of the molecule is COCCc1nc(COC)c(C(C)(C)N)s1. The van der Waals surface area contributed by atoms with Gasteiger partial charge in [0.15, 0.2) is 0 Å². The molecule has 0 unspecified atom stereocenters. The second kappa shape index (κ2) is 5.72. The molecule has 1 aromatic rings. The highest BCUT2D eigenvalue weighted by Crippen LogP contribution is 2.28. The molecule has 0 atom stereocenters. The van der Waals surface area contributed by atoms with E-state index in [4.69, 9.17) is 15.2 Å². The molecule has 2 N–H and O–H groups in total. The Bertz CT molecular complexity index is 331. The van der Waals surface area contributed by atoms with Gasteiger partial charge in [0.1, 0.15) is 0 Å². The molecular weight excluding hydrogens is 224 g/mol. The average molecular weight is 244 g/mol. The van der Waals surface area contributed by atoms with Gasteiger partial charge in [-0.2, -0.15) is 0 Å². The van der Waals surface area contributed by atoms with Crippen LogP contribution in [-0.4, -0.2) is 25.8 Å². The van der Waals surface area contributed by atoms with Crippen molar-refractivity contribution < 1.29 is 9.47 Å². The topological polar surface area (TPSA) is 57.4 Å². The number of rotatable bonds is 6. The van der Waals surface area contributed by atoms with E-state index in [9.17, 15) is 0 Å². The highest BCUT2D eigenvalue weighted by Gasteiger charge is 2.23. The normalized spacial score (nSPS) is 12.1. The number of nitrogens with two attached hydrogens (primary N) is 1. The summed E-state index contributed by atoms with van der Waals surface area (Å²) in [5, 5.41) is 1.06. The van der Waals surface area contributed by atoms with Crippen molar-refractivity contribution >= 4 is 11.3 Å². The van der Waals surface area contributed by atoms with Gasteiger partial charge in [-0.25, -0.2) is 4.98 Å². The summed E-state index contributed by atoms with van der Waals surface area (Å²) in [5.74, 6) is 0. The van der Waals surface area contributed by atoms with Gasteiger partial charge in [0.25, 0.3) is 0 Å². The van der Waals surface area contributed by atoms with Crippen LogP contribution >= 0.6 is 11.3 Å². The van der Waals surface area contributed by atoms with Crippen LogP contribution in [0.2, 0.25) is 0 Å². The third-order valence-electron chi connectivity index (χ3n) is 2.13. The van der Waals surface area contributed by atoms with E-state index in [0.29, 0.717) is 13.2 Å². The van der Waals surface area contributed by atoms with Crippen molar-refractivity contribution in [2.45, 2.75) is 32.4 Å². The minimum absolute atomic E-state index is 0.364. The largest absolute Gasteiger partial charge is 0.384 e. The van der Waals surface area contributed by atoms with Gasteiger partial charge in [0, 0.05) is 31.1 Å². The second-order valence-corrected chi connectivity index (χ2v) is 5.36. The Hall–Kier alpha value is -0.490. The van der Waals surface area contributed by atoms with Crippen LogP contribution in [0, 0.1) is 0 Å². The number of nitrogens with zero attached hydrogens (tertiary/aromatic N) is 1. The Morgan fingerprint density at radius 1 is 1.31 bits per heavy atom. The maximum atomic E-state index is 6.11. The van der Waals surface area contributed by atoms with Gasteiger partial charge >= 0.3 is 0 Å². The highest BCUT2D eigenvalue weighted by molar-refractivity contribution is 7.11. The molecule has 0 aliphatic carbocycles. The molecule has 0 aliphatic rings. The van der Waals surface area contributed by atoms with Crippen LogP contribution in [0.3, 0.4) is 0 Å². The van der Waals surface area contributed by atoms with Crippen molar-refractivity contribution in [3.05, 3.63) is 15.6 Å². The van der Waals surface area contributed by atoms with Crippen LogP contribution in [-0.2, 0) is 28.0 Å². The summed E-state index contributed by atoms with van der Waals surface area (Å²) < 4.78 is 10.2. The van der Waals surface area contributed by atoms with E-state index in [1.807, 2.05) is 13.8 Å². The molecular formula is C11H20N2O2S. The fraction of sp³-hybridized carbons (Fsp3) is 0.727. The van der Waals surface area contributed by atoms with Gasteiger partial charge in [-0.15, -0.1) is 11.3 Å². The molecule has 5 heteroatoms. The maximum absolute atomic E-state index is 6.11. The van der Waals surface area contributed by atoms with Crippen molar-refractivity contribution in [1.82, 2.24) is 4.98 Å². The van der Waals surface area contributed by atoms with Gasteiger partial charge in [0.2, 0.25) is 0 Å². The van der Waals surface area contributed by atoms with Crippen molar-refractivity contribution in [2.75, 3.05) is 20.8 Å². The van der Waals surface area contributed by atoms with E-state index in [-0.39, 0.29) is 5.54 Å². The fourth-order valence-electron chi connectivity index (χ4n) is 1.44. The zero-order chi connectivity index (χ0) is 12.2. The summed E-state index contributed by atoms with van der Waals surface area (Å²) in [6.07, 6.45) is 0.827. The van der Waals surface area contributed by atoms with Crippen molar-refractivity contribution in [2.24, 2.45) is 5.73 Å². The van der Waals surface area contributed by atoms with E-state index in [2.05, 4.69) is 4.98 Å². The fourth-order valence-corrected chi connectivity index (χ4v) is 2.50. The third kappa shape index (κ3) is 3.52. The average Bonchev–Trinajstić information content (AvgIpc) is 2.58. The van der Waals surface area contributed by atoms with E-state index in [1.54, 1.807) is 25.6 Å². The molecule has 16 heavy (non-hydrogen) atoms. The van der Waals surface area contributed by atoms with Crippen LogP contribution in [0.1, 0.15) is 29.4 Å². The van der Waals surface area contributed by atoms with Gasteiger partial charge < -0.3 is 15.2 Å². The first-order chi connectivity index (χ1) is 7.49. The molecule has 0 radical (unpaired) electrons. The van der Waals surface area contributed by atoms with Gasteiger partial charge in [-0.05, 0) is 13.8 Å². The summed E-state index contributed by atoms with van der Waals surface area (Å²) in [4.78, 5) is 5.64. The second-order valence-electron chi connectivity index (χ2n) is 4.28. The van der Waals surface area contributed by atoms with Crippen LogP contribution in [0.25, 0.3) is 0 Å². The predicted molar refractivity (Wildman–Crippen MR) is 65.6 cm³/mol. The zero-order valence-electron chi connectivity index (χ0n) is 10.4. The molecule has 0 bridgehead atoms. The molecule has 0 spiro atoms. The monoisotopic (exact) mass is 244 g/mol. The molecule has 92 valence electrons. The van der Waals surface area contributed by atoms with Crippen LogP contribution in [0.5, 0.6) is 0 Å². The first-order valence-corrected chi connectivity index (χ1v) is 6.06. The summed E-state index contributed by atoms with van der Waals surface area (Å²) >= 11 is 1.65. The van der Waals surface area contributed by atoms with Crippen LogP contribution in [0.4, 0.5) is 0 Å². The molecule has 0 aromatic carbocycles. The molecule has 1 heterocycles. The van der Waals surface area contributed by atoms with Crippen molar-refractivity contribution in [3.8, 4) is 0 Å². The van der Waals surface area contributed by atoms with Crippen molar-refractivity contribution in [3.63, 3.8) is 0 Å². The Balaban J connectivity index is 2.91. The quantitative estimate of drug-likeness (QED) is 0.827. The highest BCUT2D eigenvalue weighted by atomic mass is 32.1. The van der Waals surface area contributed by atoms with E-state index >= 15 is 0 Å². The molecule has 1 aromatic heterocycles. The van der Waals surface area contributed by atoms with E-state index in [1.165, 1.54) is 0 Å². The molecule has 4 nitrogen and oxygen atoms in total. The standard InChI is InChI=1S/C11H20N2O2S/c1-11(2,12)10-8(7-15-4)13-9(16-10)5-6-14-3/h5-7,12H2,1-4H3. The maximum Gasteiger partial charge on any atom is 0.0955 e.